The molecule has 0 atom stereocenters. The number of pyridine rings is 2. The average Bonchev–Trinajstić information content (AvgIpc) is 3.26. The molecule has 0 saturated carbocycles. The number of nitrogens with one attached hydrogen (secondary N) is 1. The number of hydrogen-bond acceptors (Lipinski definition) is 3. The predicted molar refractivity (Wildman–Crippen MR) is 104 cm³/mol. The number of piperidine rings is 1. The van der Waals surface area contributed by atoms with Gasteiger partial charge in [0.05, 0.1) is 11.4 Å². The maximum Gasteiger partial charge on any atom is 0.173 e. The molecule has 138 valence electrons. The molecular formula is C21H22FN5. The van der Waals surface area contributed by atoms with Gasteiger partial charge >= 0.3 is 0 Å². The van der Waals surface area contributed by atoms with Crippen molar-refractivity contribution in [3.8, 4) is 11.1 Å². The Kier molecular flexibility index (Phi) is 3.75. The fourth-order valence-corrected chi connectivity index (χ4v) is 4.10. The third-order valence-electron chi connectivity index (χ3n) is 5.47. The molecule has 0 unspecified atom stereocenters. The molecule has 4 aromatic rings. The molecule has 1 aliphatic rings. The van der Waals surface area contributed by atoms with Gasteiger partial charge in [0.1, 0.15) is 5.65 Å². The standard InChI is InChI=1S/C21H22FN5/c1-13-7-16(10-26-9-14(2)24-20(13)26)17-8-18(22)21-25-19(12-27(21)11-17)15-3-5-23-6-4-15/h7-12,15,23H,3-6H2,1-2H3. The van der Waals surface area contributed by atoms with Gasteiger partial charge in [0, 0.05) is 41.8 Å². The van der Waals surface area contributed by atoms with Crippen LogP contribution in [0.3, 0.4) is 0 Å². The van der Waals surface area contributed by atoms with E-state index in [1.54, 1.807) is 6.07 Å². The van der Waals surface area contributed by atoms with Crippen LogP contribution in [0.15, 0.2) is 36.9 Å². The summed E-state index contributed by atoms with van der Waals surface area (Å²) >= 11 is 0. The summed E-state index contributed by atoms with van der Waals surface area (Å²) in [4.78, 5) is 9.13. The Bertz CT molecular complexity index is 1150. The van der Waals surface area contributed by atoms with Crippen molar-refractivity contribution >= 4 is 11.3 Å². The fraction of sp³-hybridized carbons (Fsp3) is 0.333. The number of imidazole rings is 2. The van der Waals surface area contributed by atoms with Crippen LogP contribution in [-0.4, -0.2) is 31.9 Å². The van der Waals surface area contributed by atoms with Crippen LogP contribution in [0.25, 0.3) is 22.4 Å². The van der Waals surface area contributed by atoms with Crippen LogP contribution in [0.2, 0.25) is 0 Å². The Balaban J connectivity index is 1.61. The van der Waals surface area contributed by atoms with E-state index in [1.165, 1.54) is 0 Å². The number of nitrogens with zero attached hydrogens (tertiary/aromatic N) is 4. The molecule has 6 heteroatoms. The van der Waals surface area contributed by atoms with E-state index in [1.807, 2.05) is 47.4 Å². The summed E-state index contributed by atoms with van der Waals surface area (Å²) in [5.41, 5.74) is 6.18. The molecule has 0 bridgehead atoms. The monoisotopic (exact) mass is 363 g/mol. The summed E-state index contributed by atoms with van der Waals surface area (Å²) in [6.45, 7) is 6.00. The topological polar surface area (TPSA) is 46.6 Å². The highest BCUT2D eigenvalue weighted by atomic mass is 19.1. The van der Waals surface area contributed by atoms with Crippen LogP contribution in [0, 0.1) is 19.7 Å². The molecule has 27 heavy (non-hydrogen) atoms. The van der Waals surface area contributed by atoms with Crippen LogP contribution in [-0.2, 0) is 0 Å². The maximum atomic E-state index is 14.8. The minimum Gasteiger partial charge on any atom is -0.317 e. The Labute approximate surface area is 156 Å². The van der Waals surface area contributed by atoms with Crippen LogP contribution in [0.5, 0.6) is 0 Å². The molecule has 5 heterocycles. The molecule has 0 spiro atoms. The minimum atomic E-state index is -0.285. The van der Waals surface area contributed by atoms with Gasteiger partial charge in [0.2, 0.25) is 0 Å². The summed E-state index contributed by atoms with van der Waals surface area (Å²) in [5.74, 6) is 0.119. The Morgan fingerprint density at radius 2 is 1.63 bits per heavy atom. The molecule has 4 aromatic heterocycles. The number of halogens is 1. The van der Waals surface area contributed by atoms with Crippen LogP contribution in [0.4, 0.5) is 4.39 Å². The van der Waals surface area contributed by atoms with Gasteiger partial charge in [-0.3, -0.25) is 0 Å². The van der Waals surface area contributed by atoms with Crippen molar-refractivity contribution in [3.63, 3.8) is 0 Å². The highest BCUT2D eigenvalue weighted by Crippen LogP contribution is 2.28. The van der Waals surface area contributed by atoms with E-state index >= 15 is 0 Å². The molecule has 0 amide bonds. The first-order chi connectivity index (χ1) is 13.1. The maximum absolute atomic E-state index is 14.8. The molecule has 5 rings (SSSR count). The van der Waals surface area contributed by atoms with Crippen LogP contribution >= 0.6 is 0 Å². The van der Waals surface area contributed by atoms with Crippen molar-refractivity contribution < 1.29 is 4.39 Å². The first-order valence-electron chi connectivity index (χ1n) is 9.44. The Morgan fingerprint density at radius 3 is 2.41 bits per heavy atom. The van der Waals surface area contributed by atoms with Crippen LogP contribution < -0.4 is 5.32 Å². The Morgan fingerprint density at radius 1 is 0.926 bits per heavy atom. The smallest absolute Gasteiger partial charge is 0.173 e. The number of aryl methyl sites for hydroxylation is 2. The van der Waals surface area contributed by atoms with Crippen molar-refractivity contribution in [3.05, 3.63) is 59.7 Å². The quantitative estimate of drug-likeness (QED) is 0.588. The Hall–Kier alpha value is -2.73. The largest absolute Gasteiger partial charge is 0.317 e. The second-order valence-electron chi connectivity index (χ2n) is 7.52. The molecule has 0 aromatic carbocycles. The lowest BCUT2D eigenvalue weighted by Gasteiger charge is -2.20. The highest BCUT2D eigenvalue weighted by Gasteiger charge is 2.19. The number of rotatable bonds is 2. The van der Waals surface area contributed by atoms with Crippen molar-refractivity contribution in [2.45, 2.75) is 32.6 Å². The number of fused-ring (bicyclic) bond motifs is 2. The van der Waals surface area contributed by atoms with Gasteiger partial charge in [0.15, 0.2) is 11.5 Å². The lowest BCUT2D eigenvalue weighted by molar-refractivity contribution is 0.454. The second-order valence-corrected chi connectivity index (χ2v) is 7.52. The molecule has 0 radical (unpaired) electrons. The normalized spacial score (nSPS) is 15.8. The molecule has 0 aliphatic carbocycles. The van der Waals surface area contributed by atoms with E-state index in [0.717, 1.165) is 59.7 Å². The van der Waals surface area contributed by atoms with Crippen LogP contribution in [0.1, 0.15) is 35.7 Å². The zero-order valence-electron chi connectivity index (χ0n) is 15.5. The first kappa shape index (κ1) is 16.4. The van der Waals surface area contributed by atoms with Gasteiger partial charge in [-0.2, -0.15) is 0 Å². The third-order valence-corrected chi connectivity index (χ3v) is 5.47. The van der Waals surface area contributed by atoms with Gasteiger partial charge in [-0.1, -0.05) is 0 Å². The van der Waals surface area contributed by atoms with E-state index in [9.17, 15) is 4.39 Å². The van der Waals surface area contributed by atoms with E-state index in [2.05, 4.69) is 21.4 Å². The highest BCUT2D eigenvalue weighted by molar-refractivity contribution is 5.68. The molecule has 1 fully saturated rings. The van der Waals surface area contributed by atoms with Crippen molar-refractivity contribution in [1.29, 1.82) is 0 Å². The SMILES string of the molecule is Cc1cn2cc(-c3cc(F)c4nc(C5CCNCC5)cn4c3)cc(C)c2n1. The van der Waals surface area contributed by atoms with Crippen molar-refractivity contribution in [1.82, 2.24) is 24.1 Å². The fourth-order valence-electron chi connectivity index (χ4n) is 4.10. The molecule has 1 aliphatic heterocycles. The van der Waals surface area contributed by atoms with Crippen molar-refractivity contribution in [2.24, 2.45) is 0 Å². The van der Waals surface area contributed by atoms with Gasteiger partial charge < -0.3 is 14.1 Å². The first-order valence-corrected chi connectivity index (χ1v) is 9.44. The molecule has 5 nitrogen and oxygen atoms in total. The molecule has 1 N–H and O–H groups in total. The average molecular weight is 363 g/mol. The number of aromatic nitrogens is 4. The number of hydrogen-bond donors (Lipinski definition) is 1. The summed E-state index contributed by atoms with van der Waals surface area (Å²) in [6, 6.07) is 3.64. The molecule has 1 saturated heterocycles. The lowest BCUT2D eigenvalue weighted by Crippen LogP contribution is -2.26. The summed E-state index contributed by atoms with van der Waals surface area (Å²) in [7, 11) is 0. The summed E-state index contributed by atoms with van der Waals surface area (Å²) < 4.78 is 18.7. The lowest BCUT2D eigenvalue weighted by atomic mass is 9.95. The van der Waals surface area contributed by atoms with E-state index < -0.39 is 0 Å². The molecular weight excluding hydrogens is 341 g/mol. The minimum absolute atomic E-state index is 0.285. The zero-order chi connectivity index (χ0) is 18.5. The predicted octanol–water partition coefficient (Wildman–Crippen LogP) is 3.87. The summed E-state index contributed by atoms with van der Waals surface area (Å²) in [5, 5.41) is 3.37. The van der Waals surface area contributed by atoms with E-state index in [-0.39, 0.29) is 5.82 Å². The van der Waals surface area contributed by atoms with E-state index in [0.29, 0.717) is 11.6 Å². The summed E-state index contributed by atoms with van der Waals surface area (Å²) in [6.07, 6.45) is 10.1. The van der Waals surface area contributed by atoms with Gasteiger partial charge in [-0.05, 0) is 57.5 Å². The third kappa shape index (κ3) is 2.80. The second kappa shape index (κ2) is 6.16. The van der Waals surface area contributed by atoms with Gasteiger partial charge in [0.25, 0.3) is 0 Å². The zero-order valence-corrected chi connectivity index (χ0v) is 15.5. The van der Waals surface area contributed by atoms with Gasteiger partial charge in [-0.25, -0.2) is 14.4 Å². The van der Waals surface area contributed by atoms with Crippen molar-refractivity contribution in [2.75, 3.05) is 13.1 Å². The van der Waals surface area contributed by atoms with Gasteiger partial charge in [-0.15, -0.1) is 0 Å². The van der Waals surface area contributed by atoms with E-state index in [4.69, 9.17) is 0 Å².